The molecule has 4 heteroatoms. The topological polar surface area (TPSA) is 50.8 Å². The van der Waals surface area contributed by atoms with Gasteiger partial charge >= 0.3 is 0 Å². The van der Waals surface area contributed by atoms with Crippen molar-refractivity contribution < 1.29 is 4.42 Å². The van der Waals surface area contributed by atoms with Crippen molar-refractivity contribution in [1.82, 2.24) is 4.98 Å². The molecule has 0 saturated carbocycles. The number of benzene rings is 3. The molecule has 2 unspecified atom stereocenters. The third kappa shape index (κ3) is 4.49. The largest absolute Gasteiger partial charge is 0.455 e. The number of aryl methyl sites for hydroxylation is 4. The minimum Gasteiger partial charge on any atom is -0.455 e. The molecule has 2 aliphatic rings. The quantitative estimate of drug-likeness (QED) is 0.220. The van der Waals surface area contributed by atoms with Crippen LogP contribution in [0, 0.1) is 20.8 Å². The molecule has 0 bridgehead atoms. The van der Waals surface area contributed by atoms with E-state index in [-0.39, 0.29) is 12.0 Å². The first kappa shape index (κ1) is 27.0. The zero-order valence-corrected chi connectivity index (χ0v) is 25.1. The molecule has 0 radical (unpaired) electrons. The lowest BCUT2D eigenvalue weighted by molar-refractivity contribution is 0.490. The lowest BCUT2D eigenvalue weighted by atomic mass is 9.78. The Kier molecular flexibility index (Phi) is 6.58. The molecular weight excluding hydrogens is 526 g/mol. The molecule has 7 rings (SSSR count). The van der Waals surface area contributed by atoms with Crippen LogP contribution in [-0.2, 0) is 6.42 Å². The molecule has 212 valence electrons. The van der Waals surface area contributed by atoms with Crippen molar-refractivity contribution in [2.75, 3.05) is 0 Å². The molecule has 0 amide bonds. The van der Waals surface area contributed by atoms with E-state index < -0.39 is 0 Å². The van der Waals surface area contributed by atoms with Gasteiger partial charge in [-0.2, -0.15) is 0 Å². The van der Waals surface area contributed by atoms with Crippen LogP contribution >= 0.6 is 0 Å². The highest BCUT2D eigenvalue weighted by atomic mass is 16.3. The van der Waals surface area contributed by atoms with Gasteiger partial charge in [0.2, 0.25) is 0 Å². The van der Waals surface area contributed by atoms with E-state index in [0.29, 0.717) is 6.42 Å². The van der Waals surface area contributed by atoms with Crippen LogP contribution in [0.3, 0.4) is 0 Å². The Morgan fingerprint density at radius 2 is 1.67 bits per heavy atom. The van der Waals surface area contributed by atoms with Crippen LogP contribution in [0.5, 0.6) is 0 Å². The first-order valence-corrected chi connectivity index (χ1v) is 15.0. The van der Waals surface area contributed by atoms with Crippen molar-refractivity contribution in [1.29, 1.82) is 0 Å². The smallest absolute Gasteiger partial charge is 0.145 e. The van der Waals surface area contributed by atoms with E-state index in [0.717, 1.165) is 80.0 Å². The predicted molar refractivity (Wildman–Crippen MR) is 180 cm³/mol. The maximum Gasteiger partial charge on any atom is 0.145 e. The molecule has 43 heavy (non-hydrogen) atoms. The van der Waals surface area contributed by atoms with Crippen LogP contribution in [0.25, 0.3) is 33.1 Å². The SMILES string of the molecule is C=CC1=NC2CC(=C)N=C(C=C)c3c(ccc4c3oc3cc(-c5c(C)cc(C)nc5C)ccc34)CCC2c2ccccc21. The lowest BCUT2D eigenvalue weighted by Crippen LogP contribution is -2.27. The molecule has 4 heterocycles. The summed E-state index contributed by atoms with van der Waals surface area (Å²) in [7, 11) is 0. The van der Waals surface area contributed by atoms with E-state index in [9.17, 15) is 0 Å². The van der Waals surface area contributed by atoms with E-state index in [1.807, 2.05) is 19.1 Å². The number of furan rings is 1. The predicted octanol–water partition coefficient (Wildman–Crippen LogP) is 9.54. The summed E-state index contributed by atoms with van der Waals surface area (Å²) in [5.41, 5.74) is 14.5. The highest BCUT2D eigenvalue weighted by Gasteiger charge is 2.32. The number of hydrogen-bond acceptors (Lipinski definition) is 4. The lowest BCUT2D eigenvalue weighted by Gasteiger charge is -2.32. The van der Waals surface area contributed by atoms with Gasteiger partial charge in [0.05, 0.1) is 17.5 Å². The molecule has 2 aromatic heterocycles. The summed E-state index contributed by atoms with van der Waals surface area (Å²) in [5.74, 6) is 0.258. The Morgan fingerprint density at radius 1 is 0.884 bits per heavy atom. The number of hydrogen-bond donors (Lipinski definition) is 0. The van der Waals surface area contributed by atoms with Crippen molar-refractivity contribution in [2.24, 2.45) is 9.98 Å². The van der Waals surface area contributed by atoms with E-state index >= 15 is 0 Å². The van der Waals surface area contributed by atoms with Gasteiger partial charge in [0.15, 0.2) is 0 Å². The fourth-order valence-corrected chi connectivity index (χ4v) is 7.26. The van der Waals surface area contributed by atoms with Gasteiger partial charge in [-0.05, 0) is 86.2 Å². The molecule has 5 aromatic rings. The summed E-state index contributed by atoms with van der Waals surface area (Å²) in [6.07, 6.45) is 6.20. The van der Waals surface area contributed by atoms with E-state index in [4.69, 9.17) is 19.4 Å². The second-order valence-electron chi connectivity index (χ2n) is 11.8. The van der Waals surface area contributed by atoms with Gasteiger partial charge in [0.1, 0.15) is 11.2 Å². The fraction of sp³-hybridized carbons (Fsp3) is 0.205. The van der Waals surface area contributed by atoms with Crippen molar-refractivity contribution in [3.8, 4) is 11.1 Å². The Labute approximate surface area is 252 Å². The number of allylic oxidation sites excluding steroid dienone is 2. The Hall–Kier alpha value is -4.83. The van der Waals surface area contributed by atoms with Crippen LogP contribution in [0.4, 0.5) is 0 Å². The zero-order valence-electron chi connectivity index (χ0n) is 25.1. The van der Waals surface area contributed by atoms with E-state index in [1.54, 1.807) is 0 Å². The van der Waals surface area contributed by atoms with Crippen LogP contribution in [0.15, 0.2) is 113 Å². The zero-order chi connectivity index (χ0) is 29.8. The summed E-state index contributed by atoms with van der Waals surface area (Å²) in [6, 6.07) is 21.7. The highest BCUT2D eigenvalue weighted by molar-refractivity contribution is 6.20. The van der Waals surface area contributed by atoms with Crippen molar-refractivity contribution >= 4 is 33.4 Å². The monoisotopic (exact) mass is 561 g/mol. The molecule has 2 aliphatic heterocycles. The Balaban J connectivity index is 1.38. The Bertz CT molecular complexity index is 2030. The minimum atomic E-state index is 0.0586. The van der Waals surface area contributed by atoms with Crippen molar-refractivity contribution in [2.45, 2.75) is 52.0 Å². The van der Waals surface area contributed by atoms with Crippen LogP contribution in [0.1, 0.15) is 58.0 Å². The average molecular weight is 562 g/mol. The first-order valence-electron chi connectivity index (χ1n) is 15.0. The van der Waals surface area contributed by atoms with Gasteiger partial charge in [0.25, 0.3) is 0 Å². The maximum atomic E-state index is 6.73. The van der Waals surface area contributed by atoms with E-state index in [1.165, 1.54) is 22.3 Å². The third-order valence-corrected chi connectivity index (χ3v) is 9.04. The van der Waals surface area contributed by atoms with Gasteiger partial charge in [0, 0.05) is 56.9 Å². The number of nitrogens with zero attached hydrogens (tertiary/aromatic N) is 3. The fourth-order valence-electron chi connectivity index (χ4n) is 7.26. The number of aromatic nitrogens is 1. The summed E-state index contributed by atoms with van der Waals surface area (Å²) >= 11 is 0. The standard InChI is InChI=1S/C39H35N3O/c1-7-33-29-12-10-9-11-28(29)30-16-13-26-14-18-32-31-17-15-27(37-22(3)19-23(4)40-25(37)6)21-36(31)43-39(32)38(26)34(8-2)41-24(5)20-35(30)42-33/h7-12,14-15,17-19,21,30,35H,1-2,5,13,16,20H2,3-4,6H3. The maximum absolute atomic E-state index is 6.73. The van der Waals surface area contributed by atoms with Crippen LogP contribution in [0.2, 0.25) is 0 Å². The van der Waals surface area contributed by atoms with Gasteiger partial charge < -0.3 is 4.42 Å². The molecule has 0 aliphatic carbocycles. The van der Waals surface area contributed by atoms with Crippen LogP contribution < -0.4 is 0 Å². The summed E-state index contributed by atoms with van der Waals surface area (Å²) < 4.78 is 6.73. The molecule has 0 N–H and O–H groups in total. The second kappa shape index (κ2) is 10.5. The molecule has 0 saturated heterocycles. The van der Waals surface area contributed by atoms with Gasteiger partial charge in [-0.1, -0.05) is 62.2 Å². The normalized spacial score (nSPS) is 18.3. The number of aliphatic imine (C=N–C) groups is 2. The number of fused-ring (bicyclic) bond motifs is 8. The van der Waals surface area contributed by atoms with Crippen molar-refractivity contribution in [3.63, 3.8) is 0 Å². The second-order valence-corrected chi connectivity index (χ2v) is 11.8. The average Bonchev–Trinajstić information content (AvgIpc) is 3.36. The molecule has 0 spiro atoms. The summed E-state index contributed by atoms with van der Waals surface area (Å²) in [6.45, 7) is 18.8. The molecule has 4 nitrogen and oxygen atoms in total. The Morgan fingerprint density at radius 3 is 2.47 bits per heavy atom. The van der Waals surface area contributed by atoms with E-state index in [2.05, 4.69) is 94.2 Å². The summed E-state index contributed by atoms with van der Waals surface area (Å²) in [4.78, 5) is 14.9. The molecular formula is C39H35N3O. The summed E-state index contributed by atoms with van der Waals surface area (Å²) in [5, 5.41) is 2.16. The van der Waals surface area contributed by atoms with Crippen molar-refractivity contribution in [3.05, 3.63) is 137 Å². The number of rotatable bonds is 3. The van der Waals surface area contributed by atoms with Gasteiger partial charge in [-0.25, -0.2) is 0 Å². The van der Waals surface area contributed by atoms with Gasteiger partial charge in [-0.15, -0.1) is 0 Å². The first-order chi connectivity index (χ1) is 20.9. The molecule has 3 aromatic carbocycles. The molecule has 0 fully saturated rings. The molecule has 2 atom stereocenters. The number of pyridine rings is 1. The van der Waals surface area contributed by atoms with Crippen LogP contribution in [-0.4, -0.2) is 22.4 Å². The van der Waals surface area contributed by atoms with Gasteiger partial charge in [-0.3, -0.25) is 15.0 Å². The third-order valence-electron chi connectivity index (χ3n) is 9.04. The minimum absolute atomic E-state index is 0.0586. The highest BCUT2D eigenvalue weighted by Crippen LogP contribution is 2.41.